The zero-order valence-corrected chi connectivity index (χ0v) is 15.4. The van der Waals surface area contributed by atoms with Gasteiger partial charge in [-0.2, -0.15) is 0 Å². The minimum atomic E-state index is -0.539. The van der Waals surface area contributed by atoms with E-state index < -0.39 is 12.2 Å². The lowest BCUT2D eigenvalue weighted by Gasteiger charge is -2.40. The van der Waals surface area contributed by atoms with Crippen molar-refractivity contribution in [3.8, 4) is 5.75 Å². The molecule has 3 aliphatic heterocycles. The first-order chi connectivity index (χ1) is 13.1. The largest absolute Gasteiger partial charge is 0.495 e. The highest BCUT2D eigenvalue weighted by Gasteiger charge is 2.54. The van der Waals surface area contributed by atoms with Gasteiger partial charge in [-0.05, 0) is 18.6 Å². The third-order valence-electron chi connectivity index (χ3n) is 5.29. The standard InChI is InChI=1S/C18H23N5O4/c1-20-15-14(16(25)23(18(20)26)8-5-11-24)22-10-9-21(17(22)19-15)12-6-3-4-7-13(12)27-2/h3-4,6-7,14-15,24H,5,8-11H2,1-2H3. The number of likely N-dealkylation sites (N-methyl/N-ethyl adjacent to an activating group) is 1. The number of anilines is 1. The van der Waals surface area contributed by atoms with Crippen molar-refractivity contribution in [1.82, 2.24) is 14.7 Å². The lowest BCUT2D eigenvalue weighted by Crippen LogP contribution is -2.64. The number of nitrogens with zero attached hydrogens (tertiary/aromatic N) is 5. The summed E-state index contributed by atoms with van der Waals surface area (Å²) in [5, 5.41) is 9.07. The van der Waals surface area contributed by atoms with E-state index in [1.54, 1.807) is 14.2 Å². The molecular formula is C18H23N5O4. The van der Waals surface area contributed by atoms with Gasteiger partial charge in [-0.15, -0.1) is 0 Å². The van der Waals surface area contributed by atoms with Crippen LogP contribution in [0.25, 0.3) is 0 Å². The number of guanidine groups is 1. The van der Waals surface area contributed by atoms with Crippen LogP contribution in [0.3, 0.4) is 0 Å². The third kappa shape index (κ3) is 2.61. The molecule has 0 aromatic heterocycles. The minimum absolute atomic E-state index is 0.0675. The van der Waals surface area contributed by atoms with Crippen LogP contribution in [0.4, 0.5) is 10.5 Å². The van der Waals surface area contributed by atoms with Gasteiger partial charge < -0.3 is 24.5 Å². The summed E-state index contributed by atoms with van der Waals surface area (Å²) < 4.78 is 5.47. The Morgan fingerprint density at radius 3 is 2.78 bits per heavy atom. The molecule has 2 unspecified atom stereocenters. The van der Waals surface area contributed by atoms with E-state index in [2.05, 4.69) is 0 Å². The minimum Gasteiger partial charge on any atom is -0.495 e. The van der Waals surface area contributed by atoms with Crippen molar-refractivity contribution >= 4 is 23.6 Å². The topological polar surface area (TPSA) is 88.9 Å². The fraction of sp³-hybridized carbons (Fsp3) is 0.500. The highest BCUT2D eigenvalue weighted by atomic mass is 16.5. The zero-order chi connectivity index (χ0) is 19.1. The second kappa shape index (κ2) is 6.73. The summed E-state index contributed by atoms with van der Waals surface area (Å²) >= 11 is 0. The van der Waals surface area contributed by atoms with E-state index in [1.165, 1.54) is 9.80 Å². The number of aliphatic imine (C=N–C) groups is 1. The number of imide groups is 1. The number of methoxy groups -OCH3 is 1. The first-order valence-corrected chi connectivity index (χ1v) is 9.02. The van der Waals surface area contributed by atoms with Crippen LogP contribution in [0.2, 0.25) is 0 Å². The Morgan fingerprint density at radius 2 is 2.04 bits per heavy atom. The zero-order valence-electron chi connectivity index (χ0n) is 15.4. The molecule has 1 aromatic rings. The van der Waals surface area contributed by atoms with E-state index in [0.717, 1.165) is 11.4 Å². The number of carbonyl (C=O) groups is 2. The van der Waals surface area contributed by atoms with Crippen LogP contribution in [0, 0.1) is 0 Å². The van der Waals surface area contributed by atoms with Gasteiger partial charge in [-0.1, -0.05) is 12.1 Å². The van der Waals surface area contributed by atoms with Crippen LogP contribution in [-0.2, 0) is 4.79 Å². The number of aliphatic hydroxyl groups excluding tert-OH is 1. The van der Waals surface area contributed by atoms with Crippen molar-refractivity contribution in [2.45, 2.75) is 18.6 Å². The number of benzene rings is 1. The summed E-state index contributed by atoms with van der Waals surface area (Å²) in [6, 6.07) is 6.78. The van der Waals surface area contributed by atoms with Gasteiger partial charge >= 0.3 is 6.03 Å². The molecule has 1 aromatic carbocycles. The first-order valence-electron chi connectivity index (χ1n) is 9.02. The summed E-state index contributed by atoms with van der Waals surface area (Å²) in [5.41, 5.74) is 0.887. The molecular weight excluding hydrogens is 350 g/mol. The molecule has 2 saturated heterocycles. The van der Waals surface area contributed by atoms with Crippen LogP contribution in [0.15, 0.2) is 29.3 Å². The predicted molar refractivity (Wildman–Crippen MR) is 98.6 cm³/mol. The van der Waals surface area contributed by atoms with E-state index >= 15 is 0 Å². The highest BCUT2D eigenvalue weighted by molar-refractivity contribution is 6.08. The smallest absolute Gasteiger partial charge is 0.328 e. The second-order valence-corrected chi connectivity index (χ2v) is 6.76. The molecule has 1 N–H and O–H groups in total. The molecule has 0 saturated carbocycles. The first kappa shape index (κ1) is 17.6. The Bertz CT molecular complexity index is 798. The summed E-state index contributed by atoms with van der Waals surface area (Å²) in [4.78, 5) is 37.1. The van der Waals surface area contributed by atoms with Gasteiger partial charge in [0.2, 0.25) is 5.96 Å². The number of para-hydroxylation sites is 2. The van der Waals surface area contributed by atoms with Gasteiger partial charge in [0.05, 0.1) is 12.8 Å². The third-order valence-corrected chi connectivity index (χ3v) is 5.29. The Labute approximate surface area is 157 Å². The SMILES string of the molecule is COc1ccccc1N1CCN2C1=NC1C2C(=O)N(CCCO)C(=O)N1C. The number of hydrogen-bond donors (Lipinski definition) is 1. The number of urea groups is 1. The second-order valence-electron chi connectivity index (χ2n) is 6.76. The van der Waals surface area contributed by atoms with Crippen LogP contribution in [-0.4, -0.2) is 90.3 Å². The lowest BCUT2D eigenvalue weighted by atomic mass is 10.1. The van der Waals surface area contributed by atoms with Crippen molar-refractivity contribution in [1.29, 1.82) is 0 Å². The Morgan fingerprint density at radius 1 is 1.26 bits per heavy atom. The van der Waals surface area contributed by atoms with Gasteiger partial charge in [-0.3, -0.25) is 9.69 Å². The average Bonchev–Trinajstić information content (AvgIpc) is 3.25. The van der Waals surface area contributed by atoms with E-state index in [-0.39, 0.29) is 25.1 Å². The van der Waals surface area contributed by atoms with Gasteiger partial charge in [0.25, 0.3) is 5.91 Å². The number of aliphatic hydroxyl groups is 1. The number of amides is 3. The molecule has 4 rings (SSSR count). The molecule has 9 nitrogen and oxygen atoms in total. The fourth-order valence-electron chi connectivity index (χ4n) is 3.95. The van der Waals surface area contributed by atoms with Gasteiger partial charge in [0.1, 0.15) is 5.75 Å². The summed E-state index contributed by atoms with van der Waals surface area (Å²) in [6.45, 7) is 1.46. The van der Waals surface area contributed by atoms with Crippen LogP contribution in [0.1, 0.15) is 6.42 Å². The van der Waals surface area contributed by atoms with Crippen molar-refractivity contribution in [3.05, 3.63) is 24.3 Å². The summed E-state index contributed by atoms with van der Waals surface area (Å²) in [6.07, 6.45) is -0.174. The van der Waals surface area contributed by atoms with Crippen molar-refractivity contribution < 1.29 is 19.4 Å². The van der Waals surface area contributed by atoms with Crippen molar-refractivity contribution in [3.63, 3.8) is 0 Å². The van der Waals surface area contributed by atoms with Crippen LogP contribution < -0.4 is 9.64 Å². The number of carbonyl (C=O) groups excluding carboxylic acids is 2. The predicted octanol–water partition coefficient (Wildman–Crippen LogP) is 0.158. The number of hydrogen-bond acceptors (Lipinski definition) is 7. The Balaban J connectivity index is 1.66. The lowest BCUT2D eigenvalue weighted by molar-refractivity contribution is -0.137. The molecule has 3 aliphatic rings. The molecule has 3 heterocycles. The normalized spacial score (nSPS) is 24.3. The Kier molecular flexibility index (Phi) is 4.39. The van der Waals surface area contributed by atoms with E-state index in [0.29, 0.717) is 25.5 Å². The fourth-order valence-corrected chi connectivity index (χ4v) is 3.95. The quantitative estimate of drug-likeness (QED) is 0.791. The van der Waals surface area contributed by atoms with Gasteiger partial charge in [0, 0.05) is 33.3 Å². The molecule has 144 valence electrons. The van der Waals surface area contributed by atoms with Crippen molar-refractivity contribution in [2.75, 3.05) is 45.3 Å². The van der Waals surface area contributed by atoms with Gasteiger partial charge in [-0.25, -0.2) is 9.79 Å². The molecule has 2 fully saturated rings. The van der Waals surface area contributed by atoms with Crippen LogP contribution in [0.5, 0.6) is 5.75 Å². The van der Waals surface area contributed by atoms with Crippen LogP contribution >= 0.6 is 0 Å². The maximum Gasteiger partial charge on any atom is 0.328 e. The van der Waals surface area contributed by atoms with E-state index in [4.69, 9.17) is 14.8 Å². The average molecular weight is 373 g/mol. The maximum absolute atomic E-state index is 13.0. The summed E-state index contributed by atoms with van der Waals surface area (Å²) in [5.74, 6) is 1.17. The highest BCUT2D eigenvalue weighted by Crippen LogP contribution is 2.36. The number of fused-ring (bicyclic) bond motifs is 3. The molecule has 0 bridgehead atoms. The molecule has 9 heteroatoms. The van der Waals surface area contributed by atoms with E-state index in [9.17, 15) is 9.59 Å². The van der Waals surface area contributed by atoms with Gasteiger partial charge in [0.15, 0.2) is 12.2 Å². The maximum atomic E-state index is 13.0. The molecule has 3 amide bonds. The molecule has 0 aliphatic carbocycles. The molecule has 2 atom stereocenters. The molecule has 27 heavy (non-hydrogen) atoms. The summed E-state index contributed by atoms with van der Waals surface area (Å²) in [7, 11) is 3.29. The van der Waals surface area contributed by atoms with Crippen molar-refractivity contribution in [2.24, 2.45) is 4.99 Å². The van der Waals surface area contributed by atoms with E-state index in [1.807, 2.05) is 34.1 Å². The molecule has 0 spiro atoms. The number of ether oxygens (including phenoxy) is 1. The molecule has 0 radical (unpaired) electrons. The number of rotatable bonds is 5. The monoisotopic (exact) mass is 373 g/mol. The Hall–Kier alpha value is -2.81.